The Morgan fingerprint density at radius 3 is 1.98 bits per heavy atom. The summed E-state index contributed by atoms with van der Waals surface area (Å²) in [6.45, 7) is 3.27. The first-order valence-electron chi connectivity index (χ1n) is 19.3. The molecule has 1 unspecified atom stereocenters. The van der Waals surface area contributed by atoms with Crippen LogP contribution < -0.4 is 15.8 Å². The summed E-state index contributed by atoms with van der Waals surface area (Å²) in [5.74, 6) is -0.898. The Morgan fingerprint density at radius 2 is 1.45 bits per heavy atom. The third-order valence-electron chi connectivity index (χ3n) is 10.7. The van der Waals surface area contributed by atoms with Gasteiger partial charge in [-0.1, -0.05) is 84.4 Å². The van der Waals surface area contributed by atoms with Crippen LogP contribution in [0.2, 0.25) is 5.02 Å². The summed E-state index contributed by atoms with van der Waals surface area (Å²) in [5, 5.41) is 22.0. The number of benzene rings is 4. The molecular formula is C45H54ClN3O7. The van der Waals surface area contributed by atoms with E-state index in [9.17, 15) is 19.5 Å². The number of piperidine rings is 1. The number of hydrogen-bond donors (Lipinski definition) is 4. The third kappa shape index (κ3) is 12.1. The summed E-state index contributed by atoms with van der Waals surface area (Å²) in [6.07, 6.45) is 6.08. The Hall–Kier alpha value is -4.74. The van der Waals surface area contributed by atoms with Crippen molar-refractivity contribution in [3.05, 3.63) is 136 Å². The van der Waals surface area contributed by atoms with E-state index in [1.54, 1.807) is 36.4 Å². The maximum Gasteiger partial charge on any atom is 0.347 e. The Morgan fingerprint density at radius 1 is 0.875 bits per heavy atom. The van der Waals surface area contributed by atoms with E-state index >= 15 is 0 Å². The van der Waals surface area contributed by atoms with Gasteiger partial charge in [0.05, 0.1) is 6.61 Å². The van der Waals surface area contributed by atoms with Crippen molar-refractivity contribution in [3.63, 3.8) is 0 Å². The Labute approximate surface area is 335 Å². The Kier molecular flexibility index (Phi) is 15.1. The fourth-order valence-electron chi connectivity index (χ4n) is 7.09. The average Bonchev–Trinajstić information content (AvgIpc) is 3.90. The quantitative estimate of drug-likeness (QED) is 0.112. The van der Waals surface area contributed by atoms with Crippen molar-refractivity contribution in [2.75, 3.05) is 20.2 Å². The third-order valence-corrected chi connectivity index (χ3v) is 10.9. The van der Waals surface area contributed by atoms with Gasteiger partial charge in [-0.15, -0.1) is 0 Å². The van der Waals surface area contributed by atoms with Gasteiger partial charge in [-0.25, -0.2) is 4.79 Å². The maximum atomic E-state index is 12.4. The van der Waals surface area contributed by atoms with Crippen molar-refractivity contribution >= 4 is 29.4 Å². The minimum Gasteiger partial charge on any atom is -0.478 e. The van der Waals surface area contributed by atoms with E-state index in [0.29, 0.717) is 53.3 Å². The van der Waals surface area contributed by atoms with Crippen molar-refractivity contribution < 1.29 is 34.1 Å². The van der Waals surface area contributed by atoms with E-state index < -0.39 is 17.5 Å². The molecule has 11 heteroatoms. The number of nitrogens with zero attached hydrogens (tertiary/aromatic N) is 1. The molecule has 5 N–H and O–H groups in total. The van der Waals surface area contributed by atoms with Gasteiger partial charge in [0, 0.05) is 41.2 Å². The molecule has 2 saturated heterocycles. The highest BCUT2D eigenvalue weighted by Crippen LogP contribution is 2.38. The molecule has 0 spiro atoms. The highest BCUT2D eigenvalue weighted by Gasteiger charge is 2.40. The number of nitrogens with two attached hydrogens (primary N) is 1. The Balaban J connectivity index is 0.000000173. The molecule has 6 atom stereocenters. The number of fused-ring (bicyclic) bond motifs is 2. The number of carboxylic acid groups (broad SMARTS) is 1. The SMILES string of the molecule is CC(C)(Oc1ccc(CCNC(=O)c2ccc(Cl)cc2)cc1)C(=O)O.CN1[C@@H]2CC[C@H]1C[C@@H](OC(=O)C(CO)c1ccccc1)C2.N[C@@H]1C[C@H]1c1ccccc1. The van der Waals surface area contributed by atoms with Crippen LogP contribution in [-0.4, -0.2) is 83.0 Å². The number of hydrogen-bond acceptors (Lipinski definition) is 8. The van der Waals surface area contributed by atoms with Gasteiger partial charge in [0.25, 0.3) is 5.91 Å². The summed E-state index contributed by atoms with van der Waals surface area (Å²) >= 11 is 5.80. The van der Waals surface area contributed by atoms with Gasteiger partial charge in [0.1, 0.15) is 17.8 Å². The molecule has 3 aliphatic rings. The molecule has 4 aromatic rings. The zero-order valence-corrected chi connectivity index (χ0v) is 33.1. The molecule has 2 bridgehead atoms. The molecule has 0 aromatic heterocycles. The number of ether oxygens (including phenoxy) is 2. The molecule has 1 aliphatic carbocycles. The molecule has 2 heterocycles. The largest absolute Gasteiger partial charge is 0.478 e. The topological polar surface area (TPSA) is 151 Å². The van der Waals surface area contributed by atoms with E-state index in [1.807, 2.05) is 48.5 Å². The molecule has 10 nitrogen and oxygen atoms in total. The van der Waals surface area contributed by atoms with Crippen molar-refractivity contribution in [2.45, 2.75) is 94.0 Å². The molecule has 7 rings (SSSR count). The predicted octanol–water partition coefficient (Wildman–Crippen LogP) is 6.99. The number of aliphatic carboxylic acids is 1. The first kappa shape index (κ1) is 42.4. The number of aliphatic hydroxyl groups excluding tert-OH is 1. The van der Waals surface area contributed by atoms with Crippen molar-refractivity contribution in [3.8, 4) is 5.75 Å². The zero-order chi connectivity index (χ0) is 40.2. The summed E-state index contributed by atoms with van der Waals surface area (Å²) in [7, 11) is 2.17. The second-order valence-electron chi connectivity index (χ2n) is 15.2. The van der Waals surface area contributed by atoms with Crippen LogP contribution in [0.5, 0.6) is 5.75 Å². The van der Waals surface area contributed by atoms with E-state index in [1.165, 1.54) is 38.7 Å². The highest BCUT2D eigenvalue weighted by molar-refractivity contribution is 6.30. The van der Waals surface area contributed by atoms with Crippen molar-refractivity contribution in [2.24, 2.45) is 5.73 Å². The van der Waals surface area contributed by atoms with Gasteiger partial charge in [-0.2, -0.15) is 0 Å². The smallest absolute Gasteiger partial charge is 0.347 e. The number of carbonyl (C=O) groups excluding carboxylic acids is 2. The van der Waals surface area contributed by atoms with Crippen molar-refractivity contribution in [1.29, 1.82) is 0 Å². The number of carbonyl (C=O) groups is 3. The van der Waals surface area contributed by atoms with Crippen LogP contribution in [0.4, 0.5) is 0 Å². The van der Waals surface area contributed by atoms with E-state index in [0.717, 1.165) is 24.0 Å². The molecule has 1 saturated carbocycles. The lowest BCUT2D eigenvalue weighted by atomic mass is 9.98. The molecule has 56 heavy (non-hydrogen) atoms. The van der Waals surface area contributed by atoms with Crippen molar-refractivity contribution in [1.82, 2.24) is 10.2 Å². The number of esters is 1. The zero-order valence-electron chi connectivity index (χ0n) is 32.4. The first-order chi connectivity index (χ1) is 26.8. The van der Waals surface area contributed by atoms with Gasteiger partial charge >= 0.3 is 11.9 Å². The Bertz CT molecular complexity index is 1840. The summed E-state index contributed by atoms with van der Waals surface area (Å²) in [4.78, 5) is 37.8. The fraction of sp³-hybridized carbons (Fsp3) is 0.400. The maximum absolute atomic E-state index is 12.4. The lowest BCUT2D eigenvalue weighted by Crippen LogP contribution is -2.43. The molecule has 0 radical (unpaired) electrons. The van der Waals surface area contributed by atoms with E-state index in [2.05, 4.69) is 41.5 Å². The van der Waals surface area contributed by atoms with Crippen LogP contribution in [0.25, 0.3) is 0 Å². The van der Waals surface area contributed by atoms with Gasteiger partial charge in [-0.3, -0.25) is 9.59 Å². The van der Waals surface area contributed by atoms with Gasteiger partial charge in [0.15, 0.2) is 5.60 Å². The van der Waals surface area contributed by atoms with Gasteiger partial charge in [0.2, 0.25) is 0 Å². The molecule has 1 amide bonds. The first-order valence-corrected chi connectivity index (χ1v) is 19.7. The monoisotopic (exact) mass is 783 g/mol. The average molecular weight is 784 g/mol. The summed E-state index contributed by atoms with van der Waals surface area (Å²) < 4.78 is 11.2. The molecule has 298 valence electrons. The predicted molar refractivity (Wildman–Crippen MR) is 218 cm³/mol. The lowest BCUT2D eigenvalue weighted by molar-refractivity contribution is -0.155. The van der Waals surface area contributed by atoms with E-state index in [-0.39, 0.29) is 24.6 Å². The second-order valence-corrected chi connectivity index (χ2v) is 15.7. The van der Waals surface area contributed by atoms with Crippen LogP contribution in [0.15, 0.2) is 109 Å². The highest BCUT2D eigenvalue weighted by atomic mass is 35.5. The van der Waals surface area contributed by atoms with E-state index in [4.69, 9.17) is 31.9 Å². The number of nitrogens with one attached hydrogen (secondary N) is 1. The molecule has 3 fully saturated rings. The number of amides is 1. The minimum atomic E-state index is -1.28. The summed E-state index contributed by atoms with van der Waals surface area (Å²) in [6, 6.07) is 35.2. The number of rotatable bonds is 12. The summed E-state index contributed by atoms with van der Waals surface area (Å²) in [5.41, 5.74) is 8.20. The minimum absolute atomic E-state index is 0.00367. The van der Waals surface area contributed by atoms with Gasteiger partial charge < -0.3 is 35.6 Å². The normalized spacial score (nSPS) is 21.6. The molecule has 2 aliphatic heterocycles. The number of halogens is 1. The van der Waals surface area contributed by atoms with Crippen LogP contribution in [0.1, 0.15) is 84.8 Å². The van der Waals surface area contributed by atoms with Crippen LogP contribution in [-0.2, 0) is 20.7 Å². The molecular weight excluding hydrogens is 730 g/mol. The van der Waals surface area contributed by atoms with Gasteiger partial charge in [-0.05, 0) is 113 Å². The van der Waals surface area contributed by atoms with Crippen LogP contribution >= 0.6 is 11.6 Å². The number of aliphatic hydroxyl groups is 1. The van der Waals surface area contributed by atoms with Crippen LogP contribution in [0, 0.1) is 0 Å². The fourth-order valence-corrected chi connectivity index (χ4v) is 7.22. The second kappa shape index (κ2) is 19.9. The number of carboxylic acids is 1. The molecule has 4 aromatic carbocycles. The van der Waals surface area contributed by atoms with Crippen LogP contribution in [0.3, 0.4) is 0 Å². The lowest BCUT2D eigenvalue weighted by Gasteiger charge is -2.36. The standard InChI is InChI=1S/C19H20ClNO4.C17H23NO3.C9H11N/c1-19(2,18(23)24)25-16-9-3-13(4-10-16)11-12-21-17(22)14-5-7-15(20)8-6-14;1-18-13-7-8-14(18)10-15(9-13)21-17(20)16(11-19)12-5-3-2-4-6-12;10-9-6-8(9)7-4-2-1-3-5-7/h3-10H,11-12H2,1-2H3,(H,21,22)(H,23,24);2-6,13-16,19H,7-11H2,1H3;1-5,8-9H,6,10H2/t;13-,14+,15+,16?;8-,9+/m..0/s1.